The van der Waals surface area contributed by atoms with Crippen molar-refractivity contribution in [2.45, 2.75) is 43.6 Å². The maximum atomic E-state index is 13.9. The molecule has 1 N–H and O–H groups in total. The van der Waals surface area contributed by atoms with Crippen LogP contribution in [0.2, 0.25) is 0 Å². The van der Waals surface area contributed by atoms with Crippen molar-refractivity contribution in [3.05, 3.63) is 53.8 Å². The Morgan fingerprint density at radius 2 is 1.84 bits per heavy atom. The van der Waals surface area contributed by atoms with Crippen molar-refractivity contribution in [1.29, 1.82) is 0 Å². The van der Waals surface area contributed by atoms with Crippen LogP contribution in [-0.2, 0) is 11.3 Å². The molecule has 3 aromatic rings. The number of unbranched alkanes of at least 4 members (excludes halogenated alkanes) is 1. The van der Waals surface area contributed by atoms with E-state index in [9.17, 15) is 18.0 Å². The Labute approximate surface area is 188 Å². The van der Waals surface area contributed by atoms with Crippen LogP contribution in [0.5, 0.6) is 5.75 Å². The number of methoxy groups -OCH3 is 1. The predicted molar refractivity (Wildman–Crippen MR) is 117 cm³/mol. The minimum atomic E-state index is -1.63. The predicted octanol–water partition coefficient (Wildman–Crippen LogP) is 5.29. The summed E-state index contributed by atoms with van der Waals surface area (Å²) in [4.78, 5) is 12.6. The van der Waals surface area contributed by atoms with Crippen molar-refractivity contribution < 1.29 is 22.7 Å². The first kappa shape index (κ1) is 23.6. The fraction of sp³-hybridized carbons (Fsp3) is 0.318. The number of halogens is 3. The van der Waals surface area contributed by atoms with Crippen molar-refractivity contribution >= 4 is 23.4 Å². The van der Waals surface area contributed by atoms with Gasteiger partial charge in [0.25, 0.3) is 0 Å². The number of nitrogens with one attached hydrogen (secondary N) is 1. The molecular formula is C22H23F3N4O2S. The quantitative estimate of drug-likeness (QED) is 0.344. The average Bonchev–Trinajstić information content (AvgIpc) is 3.20. The van der Waals surface area contributed by atoms with E-state index in [1.54, 1.807) is 14.0 Å². The fourth-order valence-electron chi connectivity index (χ4n) is 2.92. The molecule has 0 radical (unpaired) electrons. The van der Waals surface area contributed by atoms with Gasteiger partial charge in [-0.15, -0.1) is 10.2 Å². The van der Waals surface area contributed by atoms with Crippen LogP contribution in [0.1, 0.15) is 26.7 Å². The van der Waals surface area contributed by atoms with Gasteiger partial charge < -0.3 is 14.6 Å². The molecule has 0 saturated carbocycles. The SMILES string of the molecule is CCCCn1c(SC(C)C(=O)Nc2ccc(F)c(F)c2F)nnc1-c1ccc(OC)cc1. The summed E-state index contributed by atoms with van der Waals surface area (Å²) in [5, 5.41) is 10.7. The topological polar surface area (TPSA) is 69.0 Å². The lowest BCUT2D eigenvalue weighted by Crippen LogP contribution is -2.24. The normalized spacial score (nSPS) is 11.9. The number of ether oxygens (including phenoxy) is 1. The van der Waals surface area contributed by atoms with Crippen LogP contribution in [0.15, 0.2) is 41.6 Å². The van der Waals surface area contributed by atoms with Crippen molar-refractivity contribution in [3.8, 4) is 17.1 Å². The highest BCUT2D eigenvalue weighted by Crippen LogP contribution is 2.29. The summed E-state index contributed by atoms with van der Waals surface area (Å²) in [5.74, 6) is -3.59. The number of nitrogens with zero attached hydrogens (tertiary/aromatic N) is 3. The lowest BCUT2D eigenvalue weighted by Gasteiger charge is -2.14. The number of rotatable bonds is 9. The second-order valence-corrected chi connectivity index (χ2v) is 8.32. The van der Waals surface area contributed by atoms with E-state index in [4.69, 9.17) is 4.74 Å². The molecule has 170 valence electrons. The number of amides is 1. The number of thioether (sulfide) groups is 1. The Balaban J connectivity index is 1.80. The summed E-state index contributed by atoms with van der Waals surface area (Å²) in [7, 11) is 1.59. The third-order valence-electron chi connectivity index (χ3n) is 4.74. The van der Waals surface area contributed by atoms with Gasteiger partial charge in [-0.3, -0.25) is 4.79 Å². The number of hydrogen-bond acceptors (Lipinski definition) is 5. The molecule has 0 saturated heterocycles. The first-order valence-corrected chi connectivity index (χ1v) is 10.9. The zero-order valence-corrected chi connectivity index (χ0v) is 18.7. The first-order valence-electron chi connectivity index (χ1n) is 10.0. The Morgan fingerprint density at radius 3 is 2.50 bits per heavy atom. The third-order valence-corrected chi connectivity index (χ3v) is 5.83. The molecule has 0 bridgehead atoms. The number of hydrogen-bond donors (Lipinski definition) is 1. The molecule has 0 aliphatic carbocycles. The van der Waals surface area contributed by atoms with Gasteiger partial charge >= 0.3 is 0 Å². The second kappa shape index (κ2) is 10.5. The highest BCUT2D eigenvalue weighted by atomic mass is 32.2. The second-order valence-electron chi connectivity index (χ2n) is 7.01. The lowest BCUT2D eigenvalue weighted by atomic mass is 10.2. The molecule has 1 unspecified atom stereocenters. The number of aromatic nitrogens is 3. The molecule has 0 aliphatic rings. The van der Waals surface area contributed by atoms with E-state index in [2.05, 4.69) is 22.4 Å². The molecule has 6 nitrogen and oxygen atoms in total. The molecule has 0 spiro atoms. The molecule has 1 atom stereocenters. The zero-order valence-electron chi connectivity index (χ0n) is 17.9. The minimum absolute atomic E-state index is 0.423. The minimum Gasteiger partial charge on any atom is -0.497 e. The van der Waals surface area contributed by atoms with Gasteiger partial charge in [-0.2, -0.15) is 0 Å². The van der Waals surface area contributed by atoms with E-state index >= 15 is 0 Å². The van der Waals surface area contributed by atoms with Crippen molar-refractivity contribution in [2.24, 2.45) is 0 Å². The van der Waals surface area contributed by atoms with E-state index in [1.165, 1.54) is 0 Å². The highest BCUT2D eigenvalue weighted by molar-refractivity contribution is 8.00. The van der Waals surface area contributed by atoms with Gasteiger partial charge in [-0.05, 0) is 49.7 Å². The summed E-state index contributed by atoms with van der Waals surface area (Å²) in [6.07, 6.45) is 1.84. The maximum absolute atomic E-state index is 13.9. The molecule has 0 fully saturated rings. The maximum Gasteiger partial charge on any atom is 0.237 e. The molecular weight excluding hydrogens is 441 g/mol. The third kappa shape index (κ3) is 5.24. The van der Waals surface area contributed by atoms with Gasteiger partial charge in [0.15, 0.2) is 28.4 Å². The molecule has 1 aromatic heterocycles. The summed E-state index contributed by atoms with van der Waals surface area (Å²) in [6.45, 7) is 4.33. The van der Waals surface area contributed by atoms with Crippen molar-refractivity contribution in [3.63, 3.8) is 0 Å². The van der Waals surface area contributed by atoms with Crippen LogP contribution < -0.4 is 10.1 Å². The number of anilines is 1. The molecule has 0 aliphatic heterocycles. The van der Waals surface area contributed by atoms with Crippen LogP contribution in [0.25, 0.3) is 11.4 Å². The van der Waals surface area contributed by atoms with Gasteiger partial charge in [-0.25, -0.2) is 13.2 Å². The molecule has 3 rings (SSSR count). The summed E-state index contributed by atoms with van der Waals surface area (Å²) < 4.78 is 47.6. The standard InChI is InChI=1S/C22H23F3N4O2S/c1-4-5-12-29-20(14-6-8-15(31-3)9-7-14)27-28-22(29)32-13(2)21(30)26-17-11-10-16(23)18(24)19(17)25/h6-11,13H,4-5,12H2,1-3H3,(H,26,30). The van der Waals surface area contributed by atoms with E-state index < -0.39 is 34.3 Å². The Bertz CT molecular complexity index is 1090. The first-order chi connectivity index (χ1) is 15.3. The van der Waals surface area contributed by atoms with Crippen LogP contribution in [0.4, 0.5) is 18.9 Å². The number of benzene rings is 2. The van der Waals surface area contributed by atoms with Crippen LogP contribution in [-0.4, -0.2) is 33.0 Å². The van der Waals surface area contributed by atoms with Crippen LogP contribution in [0, 0.1) is 17.5 Å². The van der Waals surface area contributed by atoms with Crippen molar-refractivity contribution in [1.82, 2.24) is 14.8 Å². The highest BCUT2D eigenvalue weighted by Gasteiger charge is 2.23. The van der Waals surface area contributed by atoms with Crippen molar-refractivity contribution in [2.75, 3.05) is 12.4 Å². The summed E-state index contributed by atoms with van der Waals surface area (Å²) in [6, 6.07) is 9.15. The fourth-order valence-corrected chi connectivity index (χ4v) is 3.79. The van der Waals surface area contributed by atoms with Crippen LogP contribution in [0.3, 0.4) is 0 Å². The zero-order chi connectivity index (χ0) is 23.3. The van der Waals surface area contributed by atoms with E-state index in [0.29, 0.717) is 17.5 Å². The molecule has 1 amide bonds. The molecule has 2 aromatic carbocycles. The molecule has 32 heavy (non-hydrogen) atoms. The largest absolute Gasteiger partial charge is 0.497 e. The van der Waals surface area contributed by atoms with Gasteiger partial charge in [-0.1, -0.05) is 25.1 Å². The lowest BCUT2D eigenvalue weighted by molar-refractivity contribution is -0.115. The number of carbonyl (C=O) groups is 1. The van der Waals surface area contributed by atoms with Crippen LogP contribution >= 0.6 is 11.8 Å². The van der Waals surface area contributed by atoms with Gasteiger partial charge in [0.1, 0.15) is 5.75 Å². The smallest absolute Gasteiger partial charge is 0.237 e. The molecule has 1 heterocycles. The van der Waals surface area contributed by atoms with Gasteiger partial charge in [0.05, 0.1) is 18.0 Å². The monoisotopic (exact) mass is 464 g/mol. The summed E-state index contributed by atoms with van der Waals surface area (Å²) in [5.41, 5.74) is 0.426. The van der Waals surface area contributed by atoms with Gasteiger partial charge in [0.2, 0.25) is 5.91 Å². The Morgan fingerprint density at radius 1 is 1.12 bits per heavy atom. The average molecular weight is 465 g/mol. The van der Waals surface area contributed by atoms with Gasteiger partial charge in [0, 0.05) is 12.1 Å². The van der Waals surface area contributed by atoms with E-state index in [1.807, 2.05) is 28.8 Å². The summed E-state index contributed by atoms with van der Waals surface area (Å²) >= 11 is 1.15. The van der Waals surface area contributed by atoms with E-state index in [-0.39, 0.29) is 0 Å². The number of carbonyl (C=O) groups excluding carboxylic acids is 1. The Kier molecular flexibility index (Phi) is 7.79. The molecule has 10 heteroatoms. The van der Waals surface area contributed by atoms with E-state index in [0.717, 1.165) is 48.0 Å². The Hall–Kier alpha value is -3.01.